The molecule has 0 aliphatic rings. The largest absolute Gasteiger partial charge is 0.480 e. The third-order valence-electron chi connectivity index (χ3n) is 4.46. The molecule has 1 amide bonds. The third kappa shape index (κ3) is 5.87. The molecule has 0 spiro atoms. The summed E-state index contributed by atoms with van der Waals surface area (Å²) < 4.78 is 66.3. The maximum atomic E-state index is 13.0. The first-order valence-electron chi connectivity index (χ1n) is 9.29. The molecule has 0 aliphatic carbocycles. The highest BCUT2D eigenvalue weighted by molar-refractivity contribution is 7.94. The number of carbonyl (C=O) groups excluding carboxylic acids is 1. The zero-order valence-electron chi connectivity index (χ0n) is 17.1. The number of aryl methyl sites for hydroxylation is 1. The van der Waals surface area contributed by atoms with Crippen molar-refractivity contribution < 1.29 is 36.3 Å². The zero-order valence-corrected chi connectivity index (χ0v) is 19.5. The van der Waals surface area contributed by atoms with Gasteiger partial charge in [-0.3, -0.25) is 9.52 Å². The van der Waals surface area contributed by atoms with E-state index in [1.165, 1.54) is 25.5 Å². The highest BCUT2D eigenvalue weighted by Crippen LogP contribution is 2.36. The molecule has 0 saturated heterocycles. The molecule has 4 N–H and O–H groups in total. The number of aromatic amines is 1. The fourth-order valence-corrected chi connectivity index (χ4v) is 5.76. The number of alkyl halides is 3. The van der Waals surface area contributed by atoms with Gasteiger partial charge in [-0.1, -0.05) is 11.6 Å². The molecule has 182 valence electrons. The van der Waals surface area contributed by atoms with Crippen molar-refractivity contribution in [2.24, 2.45) is 0 Å². The number of carbonyl (C=O) groups is 2. The van der Waals surface area contributed by atoms with Crippen LogP contribution in [0.1, 0.15) is 26.5 Å². The van der Waals surface area contributed by atoms with Crippen molar-refractivity contribution in [1.29, 1.82) is 0 Å². The number of anilines is 1. The van der Waals surface area contributed by atoms with E-state index in [1.807, 2.05) is 4.72 Å². The molecule has 2 heterocycles. The number of benzene rings is 1. The van der Waals surface area contributed by atoms with Crippen LogP contribution in [-0.2, 0) is 27.4 Å². The third-order valence-corrected chi connectivity index (χ3v) is 8.03. The van der Waals surface area contributed by atoms with Crippen LogP contribution in [0.15, 0.2) is 41.0 Å². The highest BCUT2D eigenvalue weighted by atomic mass is 35.5. The van der Waals surface area contributed by atoms with Gasteiger partial charge in [0.1, 0.15) is 10.3 Å². The summed E-state index contributed by atoms with van der Waals surface area (Å²) in [6.45, 7) is 1.38. The Bertz CT molecular complexity index is 1320. The molecule has 3 aromatic rings. The normalized spacial score (nSPS) is 12.9. The summed E-state index contributed by atoms with van der Waals surface area (Å²) in [5.41, 5.74) is -0.998. The standard InChI is InChI=1S/C19H16ClF3N4O5S2/c1-9-4-15(16(28)26-14(17(29)30)6-11-7-24-8-25-11)33-18(9)34(31,32)27-13-5-10(19(21,22)23)2-3-12(13)20/h2-5,7-8,14,27H,6H2,1H3,(H,24,25)(H,26,28)(H,29,30)/t14-/m1/s1. The molecule has 9 nitrogen and oxygen atoms in total. The van der Waals surface area contributed by atoms with Crippen molar-refractivity contribution in [3.8, 4) is 0 Å². The lowest BCUT2D eigenvalue weighted by atomic mass is 10.1. The number of H-pyrrole nitrogens is 1. The van der Waals surface area contributed by atoms with Gasteiger partial charge in [0, 0.05) is 18.3 Å². The van der Waals surface area contributed by atoms with Gasteiger partial charge in [-0.2, -0.15) is 13.2 Å². The van der Waals surface area contributed by atoms with Crippen molar-refractivity contribution in [2.75, 3.05) is 4.72 Å². The van der Waals surface area contributed by atoms with E-state index in [0.29, 0.717) is 29.2 Å². The number of amides is 1. The average Bonchev–Trinajstić information content (AvgIpc) is 3.38. The molecule has 0 aliphatic heterocycles. The van der Waals surface area contributed by atoms with Gasteiger partial charge in [0.25, 0.3) is 15.9 Å². The molecule has 2 aromatic heterocycles. The van der Waals surface area contributed by atoms with Crippen LogP contribution in [0.4, 0.5) is 18.9 Å². The number of hydrogen-bond donors (Lipinski definition) is 4. The van der Waals surface area contributed by atoms with Crippen molar-refractivity contribution in [3.05, 3.63) is 63.5 Å². The predicted molar refractivity (Wildman–Crippen MR) is 118 cm³/mol. The Labute approximate surface area is 200 Å². The second-order valence-corrected chi connectivity index (χ2v) is 10.4. The van der Waals surface area contributed by atoms with Crippen molar-refractivity contribution in [2.45, 2.75) is 29.8 Å². The Morgan fingerprint density at radius 2 is 2.00 bits per heavy atom. The number of sulfonamides is 1. The summed E-state index contributed by atoms with van der Waals surface area (Å²) in [6, 6.07) is 2.09. The topological polar surface area (TPSA) is 141 Å². The predicted octanol–water partition coefficient (Wildman–Crippen LogP) is 3.68. The molecule has 1 atom stereocenters. The molecular formula is C19H16ClF3N4O5S2. The van der Waals surface area contributed by atoms with E-state index in [0.717, 1.165) is 6.07 Å². The highest BCUT2D eigenvalue weighted by Gasteiger charge is 2.32. The Hall–Kier alpha value is -3.10. The number of nitrogens with zero attached hydrogens (tertiary/aromatic N) is 1. The summed E-state index contributed by atoms with van der Waals surface area (Å²) in [5.74, 6) is -2.15. The molecule has 0 unspecified atom stereocenters. The van der Waals surface area contributed by atoms with Gasteiger partial charge >= 0.3 is 12.1 Å². The van der Waals surface area contributed by atoms with Crippen LogP contribution in [0.3, 0.4) is 0 Å². The van der Waals surface area contributed by atoms with Crippen LogP contribution in [0, 0.1) is 6.92 Å². The average molecular weight is 537 g/mol. The van der Waals surface area contributed by atoms with Gasteiger partial charge in [0.05, 0.1) is 27.5 Å². The van der Waals surface area contributed by atoms with E-state index in [9.17, 15) is 36.3 Å². The Balaban J connectivity index is 1.83. The number of hydrogen-bond acceptors (Lipinski definition) is 6. The van der Waals surface area contributed by atoms with Gasteiger partial charge in [0.15, 0.2) is 0 Å². The molecule has 0 saturated carbocycles. The van der Waals surface area contributed by atoms with E-state index in [4.69, 9.17) is 11.6 Å². The van der Waals surface area contributed by atoms with Crippen LogP contribution < -0.4 is 10.0 Å². The molecule has 3 rings (SSSR count). The van der Waals surface area contributed by atoms with Crippen LogP contribution in [0.5, 0.6) is 0 Å². The van der Waals surface area contributed by atoms with Crippen molar-refractivity contribution in [3.63, 3.8) is 0 Å². The summed E-state index contributed by atoms with van der Waals surface area (Å²) in [6.07, 6.45) is -2.07. The number of aromatic nitrogens is 2. The van der Waals surface area contributed by atoms with E-state index < -0.39 is 45.4 Å². The van der Waals surface area contributed by atoms with E-state index in [-0.39, 0.29) is 26.1 Å². The maximum Gasteiger partial charge on any atom is 0.416 e. The molecule has 34 heavy (non-hydrogen) atoms. The maximum absolute atomic E-state index is 13.0. The second-order valence-electron chi connectivity index (χ2n) is 7.02. The minimum Gasteiger partial charge on any atom is -0.480 e. The summed E-state index contributed by atoms with van der Waals surface area (Å²) in [7, 11) is -4.42. The first-order valence-corrected chi connectivity index (χ1v) is 12.0. The van der Waals surface area contributed by atoms with Gasteiger partial charge in [-0.15, -0.1) is 11.3 Å². The number of rotatable bonds is 8. The van der Waals surface area contributed by atoms with E-state index in [1.54, 1.807) is 0 Å². The summed E-state index contributed by atoms with van der Waals surface area (Å²) >= 11 is 6.39. The molecule has 15 heteroatoms. The number of imidazole rings is 1. The van der Waals surface area contributed by atoms with Crippen LogP contribution >= 0.6 is 22.9 Å². The molecule has 0 radical (unpaired) electrons. The van der Waals surface area contributed by atoms with Crippen LogP contribution in [-0.4, -0.2) is 41.4 Å². The lowest BCUT2D eigenvalue weighted by Crippen LogP contribution is -2.42. The first kappa shape index (κ1) is 25.5. The zero-order chi connectivity index (χ0) is 25.3. The first-order chi connectivity index (χ1) is 15.8. The number of halogens is 4. The van der Waals surface area contributed by atoms with Gasteiger partial charge < -0.3 is 15.4 Å². The number of carboxylic acids is 1. The number of thiophene rings is 1. The quantitative estimate of drug-likeness (QED) is 0.346. The Morgan fingerprint density at radius 1 is 1.29 bits per heavy atom. The van der Waals surface area contributed by atoms with Crippen LogP contribution in [0.25, 0.3) is 0 Å². The molecular weight excluding hydrogens is 521 g/mol. The number of carboxylic acid groups (broad SMARTS) is 1. The Kier molecular flexibility index (Phi) is 7.24. The minimum atomic E-state index is -4.72. The number of nitrogens with one attached hydrogen (secondary N) is 3. The smallest absolute Gasteiger partial charge is 0.416 e. The lowest BCUT2D eigenvalue weighted by Gasteiger charge is -2.13. The molecule has 0 fully saturated rings. The number of aliphatic carboxylic acids is 1. The van der Waals surface area contributed by atoms with Gasteiger partial charge in [-0.25, -0.2) is 18.2 Å². The van der Waals surface area contributed by atoms with Crippen molar-refractivity contribution in [1.82, 2.24) is 15.3 Å². The summed E-state index contributed by atoms with van der Waals surface area (Å²) in [5, 5.41) is 11.4. The lowest BCUT2D eigenvalue weighted by molar-refractivity contribution is -0.139. The van der Waals surface area contributed by atoms with E-state index in [2.05, 4.69) is 15.3 Å². The summed E-state index contributed by atoms with van der Waals surface area (Å²) in [4.78, 5) is 30.5. The Morgan fingerprint density at radius 3 is 2.59 bits per heavy atom. The molecule has 1 aromatic carbocycles. The van der Waals surface area contributed by atoms with Gasteiger partial charge in [-0.05, 0) is 36.8 Å². The van der Waals surface area contributed by atoms with Crippen molar-refractivity contribution >= 4 is 50.5 Å². The van der Waals surface area contributed by atoms with Gasteiger partial charge in [0.2, 0.25) is 0 Å². The SMILES string of the molecule is Cc1cc(C(=O)N[C@H](Cc2cnc[nH]2)C(=O)O)sc1S(=O)(=O)Nc1cc(C(F)(F)F)ccc1Cl. The molecule has 0 bridgehead atoms. The second kappa shape index (κ2) is 9.64. The fourth-order valence-electron chi connectivity index (χ4n) is 2.86. The van der Waals surface area contributed by atoms with E-state index >= 15 is 0 Å². The van der Waals surface area contributed by atoms with Crippen LogP contribution in [0.2, 0.25) is 5.02 Å². The fraction of sp³-hybridized carbons (Fsp3) is 0.211. The monoisotopic (exact) mass is 536 g/mol. The minimum absolute atomic E-state index is 0.0911.